The number of carbonyl (C=O) groups excluding carboxylic acids is 2. The molecule has 0 radical (unpaired) electrons. The second-order valence-corrected chi connectivity index (χ2v) is 9.22. The molecular weight excluding hydrogens is 460 g/mol. The van der Waals surface area contributed by atoms with Crippen LogP contribution in [0.4, 0.5) is 4.79 Å². The molecule has 1 aliphatic heterocycles. The highest BCUT2D eigenvalue weighted by Gasteiger charge is 2.30. The van der Waals surface area contributed by atoms with E-state index in [0.29, 0.717) is 43.1 Å². The van der Waals surface area contributed by atoms with E-state index < -0.39 is 18.1 Å². The number of benzene rings is 2. The maximum atomic E-state index is 13.5. The number of nitrogens with one attached hydrogen (secondary N) is 1. The van der Waals surface area contributed by atoms with Gasteiger partial charge in [0.05, 0.1) is 24.6 Å². The highest BCUT2D eigenvalue weighted by molar-refractivity contribution is 5.92. The second-order valence-electron chi connectivity index (χ2n) is 9.22. The van der Waals surface area contributed by atoms with Crippen LogP contribution < -0.4 is 14.8 Å². The van der Waals surface area contributed by atoms with E-state index in [1.54, 1.807) is 18.3 Å². The van der Waals surface area contributed by atoms with Gasteiger partial charge in [-0.2, -0.15) is 0 Å². The molecule has 2 aromatic carbocycles. The van der Waals surface area contributed by atoms with E-state index in [2.05, 4.69) is 12.2 Å². The van der Waals surface area contributed by atoms with Crippen LogP contribution in [0.3, 0.4) is 0 Å². The van der Waals surface area contributed by atoms with Gasteiger partial charge in [-0.25, -0.2) is 4.79 Å². The minimum Gasteiger partial charge on any atom is -0.486 e. The first-order valence-electron chi connectivity index (χ1n) is 12.5. The number of methoxy groups -OCH3 is 1. The normalized spacial score (nSPS) is 15.2. The summed E-state index contributed by atoms with van der Waals surface area (Å²) in [5.41, 5.74) is 2.36. The van der Waals surface area contributed by atoms with E-state index in [-0.39, 0.29) is 11.9 Å². The molecule has 1 aliphatic rings. The first-order chi connectivity index (χ1) is 17.4. The van der Waals surface area contributed by atoms with Crippen molar-refractivity contribution in [2.24, 2.45) is 0 Å². The van der Waals surface area contributed by atoms with Crippen molar-refractivity contribution in [3.8, 4) is 11.5 Å². The van der Waals surface area contributed by atoms with E-state index in [1.807, 2.05) is 37.3 Å². The lowest BCUT2D eigenvalue weighted by molar-refractivity contribution is -0.125. The number of hydrogen-bond donors (Lipinski definition) is 2. The minimum absolute atomic E-state index is 0.243. The largest absolute Gasteiger partial charge is 0.486 e. The molecule has 36 heavy (non-hydrogen) atoms. The lowest BCUT2D eigenvalue weighted by atomic mass is 9.89. The zero-order valence-electron chi connectivity index (χ0n) is 21.0. The van der Waals surface area contributed by atoms with Gasteiger partial charge < -0.3 is 24.6 Å². The topological polar surface area (TPSA) is 99.0 Å². The maximum absolute atomic E-state index is 13.5. The lowest BCUT2D eigenvalue weighted by Crippen LogP contribution is -2.41. The Bertz CT molecular complexity index is 1220. The number of hydrogen-bond acceptors (Lipinski definition) is 6. The summed E-state index contributed by atoms with van der Waals surface area (Å²) in [6, 6.07) is 12.8. The van der Waals surface area contributed by atoms with Crippen molar-refractivity contribution in [2.75, 3.05) is 20.3 Å². The summed E-state index contributed by atoms with van der Waals surface area (Å²) >= 11 is 0. The van der Waals surface area contributed by atoms with Gasteiger partial charge in [0.15, 0.2) is 11.5 Å². The molecule has 1 aromatic heterocycles. The van der Waals surface area contributed by atoms with Crippen molar-refractivity contribution in [1.82, 2.24) is 9.88 Å². The van der Waals surface area contributed by atoms with Crippen LogP contribution in [0.5, 0.6) is 11.5 Å². The van der Waals surface area contributed by atoms with E-state index in [4.69, 9.17) is 14.2 Å². The molecule has 8 nitrogen and oxygen atoms in total. The van der Waals surface area contributed by atoms with Crippen molar-refractivity contribution in [1.29, 1.82) is 0 Å². The smallest absolute Gasteiger partial charge is 0.418 e. The second kappa shape index (κ2) is 11.5. The van der Waals surface area contributed by atoms with E-state index in [9.17, 15) is 14.7 Å². The van der Waals surface area contributed by atoms with Crippen LogP contribution in [0.2, 0.25) is 0 Å². The summed E-state index contributed by atoms with van der Waals surface area (Å²) in [4.78, 5) is 25.8. The van der Waals surface area contributed by atoms with Gasteiger partial charge in [0, 0.05) is 17.6 Å². The average molecular weight is 495 g/mol. The number of unbranched alkanes of at least 4 members (excludes halogenated alkanes) is 1. The summed E-state index contributed by atoms with van der Waals surface area (Å²) in [5, 5.41) is 15.0. The molecule has 0 saturated carbocycles. The van der Waals surface area contributed by atoms with Crippen molar-refractivity contribution >= 4 is 22.9 Å². The quantitative estimate of drug-likeness (QED) is 0.457. The van der Waals surface area contributed by atoms with Crippen LogP contribution in [-0.2, 0) is 16.0 Å². The van der Waals surface area contributed by atoms with Crippen LogP contribution in [0, 0.1) is 0 Å². The molecule has 4 rings (SSSR count). The highest BCUT2D eigenvalue weighted by atomic mass is 16.6. The molecule has 1 amide bonds. The van der Waals surface area contributed by atoms with Crippen molar-refractivity contribution in [2.45, 2.75) is 57.6 Å². The molecule has 2 N–H and O–H groups in total. The Kier molecular flexibility index (Phi) is 8.15. The number of carbonyl (C=O) groups is 2. The van der Waals surface area contributed by atoms with E-state index >= 15 is 0 Å². The standard InChI is InChI=1S/C28H34N2O6/c1-4-5-10-23(31)26(19-11-12-24-25(16-19)36-14-13-35-24)27(32)29-18(2)15-20-17-30(28(33)34-3)22-9-7-6-8-21(20)22/h6-9,11-12,16-18,23,26,31H,4-5,10,13-15H2,1-3H3,(H,29,32)/t18-,23?,26?/m1/s1. The van der Waals surface area contributed by atoms with Gasteiger partial charge in [-0.3, -0.25) is 9.36 Å². The maximum Gasteiger partial charge on any atom is 0.418 e. The monoisotopic (exact) mass is 494 g/mol. The third-order valence-electron chi connectivity index (χ3n) is 6.53. The number of fused-ring (bicyclic) bond motifs is 2. The molecule has 192 valence electrons. The van der Waals surface area contributed by atoms with Crippen LogP contribution in [0.25, 0.3) is 10.9 Å². The third kappa shape index (κ3) is 5.49. The predicted molar refractivity (Wildman–Crippen MR) is 137 cm³/mol. The van der Waals surface area contributed by atoms with Crippen molar-refractivity contribution in [3.63, 3.8) is 0 Å². The summed E-state index contributed by atoms with van der Waals surface area (Å²) in [5.74, 6) is 0.233. The number of amides is 1. The Morgan fingerprint density at radius 3 is 2.64 bits per heavy atom. The fourth-order valence-electron chi connectivity index (χ4n) is 4.76. The molecule has 0 spiro atoms. The first kappa shape index (κ1) is 25.6. The zero-order chi connectivity index (χ0) is 25.7. The molecule has 2 unspecified atom stereocenters. The Labute approximate surface area is 211 Å². The fraction of sp³-hybridized carbons (Fsp3) is 0.429. The molecule has 0 bridgehead atoms. The van der Waals surface area contributed by atoms with Gasteiger partial charge in [-0.1, -0.05) is 44.0 Å². The highest BCUT2D eigenvalue weighted by Crippen LogP contribution is 2.35. The van der Waals surface area contributed by atoms with Crippen molar-refractivity contribution in [3.05, 3.63) is 59.8 Å². The van der Waals surface area contributed by atoms with Crippen LogP contribution in [0.1, 0.15) is 50.2 Å². The van der Waals surface area contributed by atoms with Gasteiger partial charge in [-0.05, 0) is 49.1 Å². The van der Waals surface area contributed by atoms with Gasteiger partial charge in [0.2, 0.25) is 5.91 Å². The van der Waals surface area contributed by atoms with Gasteiger partial charge in [0.25, 0.3) is 0 Å². The number of aromatic nitrogens is 1. The average Bonchev–Trinajstić information content (AvgIpc) is 3.25. The number of ether oxygens (including phenoxy) is 3. The van der Waals surface area contributed by atoms with E-state index in [0.717, 1.165) is 29.3 Å². The number of rotatable bonds is 9. The minimum atomic E-state index is -0.832. The van der Waals surface area contributed by atoms with Crippen LogP contribution in [0.15, 0.2) is 48.7 Å². The molecule has 0 fully saturated rings. The van der Waals surface area contributed by atoms with E-state index in [1.165, 1.54) is 11.7 Å². The number of nitrogens with zero attached hydrogens (tertiary/aromatic N) is 1. The molecule has 0 aliphatic carbocycles. The molecule has 8 heteroatoms. The van der Waals surface area contributed by atoms with Gasteiger partial charge >= 0.3 is 6.09 Å². The van der Waals surface area contributed by atoms with Crippen molar-refractivity contribution < 1.29 is 28.9 Å². The molecule has 2 heterocycles. The Balaban J connectivity index is 1.55. The Morgan fingerprint density at radius 1 is 1.14 bits per heavy atom. The zero-order valence-corrected chi connectivity index (χ0v) is 21.0. The Hall–Kier alpha value is -3.52. The number of para-hydroxylation sites is 1. The first-order valence-corrected chi connectivity index (χ1v) is 12.5. The van der Waals surface area contributed by atoms with Crippen LogP contribution >= 0.6 is 0 Å². The summed E-state index contributed by atoms with van der Waals surface area (Å²) in [6.45, 7) is 4.90. The summed E-state index contributed by atoms with van der Waals surface area (Å²) < 4.78 is 17.7. The van der Waals surface area contributed by atoms with Gasteiger partial charge in [-0.15, -0.1) is 0 Å². The molecular formula is C28H34N2O6. The van der Waals surface area contributed by atoms with Crippen LogP contribution in [-0.4, -0.2) is 54.1 Å². The Morgan fingerprint density at radius 2 is 1.89 bits per heavy atom. The molecule has 0 saturated heterocycles. The molecule has 3 aromatic rings. The predicted octanol–water partition coefficient (Wildman–Crippen LogP) is 4.41. The number of aliphatic hydroxyl groups excluding tert-OH is 1. The molecule has 3 atom stereocenters. The summed E-state index contributed by atoms with van der Waals surface area (Å²) in [6.07, 6.45) is 3.23. The fourth-order valence-corrected chi connectivity index (χ4v) is 4.76. The van der Waals surface area contributed by atoms with Gasteiger partial charge in [0.1, 0.15) is 13.2 Å². The third-order valence-corrected chi connectivity index (χ3v) is 6.53. The summed E-state index contributed by atoms with van der Waals surface area (Å²) in [7, 11) is 1.35. The number of aliphatic hydroxyl groups is 1. The lowest BCUT2D eigenvalue weighted by Gasteiger charge is -2.26. The SMILES string of the molecule is CCCCC(O)C(C(=O)N[C@H](C)Cc1cn(C(=O)OC)c2ccccc12)c1ccc2c(c1)OCCO2.